The van der Waals surface area contributed by atoms with E-state index in [1.54, 1.807) is 0 Å². The van der Waals surface area contributed by atoms with E-state index in [-0.39, 0.29) is 16.9 Å². The molecule has 3 aromatic rings. The molecule has 7 nitrogen and oxygen atoms in total. The number of benzene rings is 1. The van der Waals surface area contributed by atoms with Gasteiger partial charge >= 0.3 is 0 Å². The average Bonchev–Trinajstić information content (AvgIpc) is 2.46. The van der Waals surface area contributed by atoms with Crippen molar-refractivity contribution >= 4 is 22.5 Å². The number of fused-ring (bicyclic) bond motifs is 1. The van der Waals surface area contributed by atoms with Crippen LogP contribution in [0, 0.1) is 6.92 Å². The number of hydrogen-bond acceptors (Lipinski definition) is 5. The zero-order chi connectivity index (χ0) is 14.1. The van der Waals surface area contributed by atoms with Gasteiger partial charge in [0.15, 0.2) is 0 Å². The van der Waals surface area contributed by atoms with Crippen molar-refractivity contribution in [1.82, 2.24) is 20.2 Å². The highest BCUT2D eigenvalue weighted by atomic mass is 16.1. The summed E-state index contributed by atoms with van der Waals surface area (Å²) in [7, 11) is 0. The molecule has 3 rings (SSSR count). The number of rotatable bonds is 2. The van der Waals surface area contributed by atoms with Crippen LogP contribution in [0.4, 0.5) is 11.6 Å². The first-order valence-electron chi connectivity index (χ1n) is 5.95. The summed E-state index contributed by atoms with van der Waals surface area (Å²) in [5, 5.41) is 7.59. The molecule has 0 bridgehead atoms. The minimum absolute atomic E-state index is 0.0540. The van der Waals surface area contributed by atoms with E-state index in [0.717, 1.165) is 11.3 Å². The zero-order valence-corrected chi connectivity index (χ0v) is 10.6. The molecule has 7 heteroatoms. The van der Waals surface area contributed by atoms with Gasteiger partial charge in [-0.1, -0.05) is 17.7 Å². The van der Waals surface area contributed by atoms with Crippen molar-refractivity contribution < 1.29 is 0 Å². The van der Waals surface area contributed by atoms with Crippen molar-refractivity contribution in [3.8, 4) is 0 Å². The van der Waals surface area contributed by atoms with E-state index in [0.29, 0.717) is 0 Å². The summed E-state index contributed by atoms with van der Waals surface area (Å²) in [5.41, 5.74) is 1.10. The fourth-order valence-corrected chi connectivity index (χ4v) is 1.79. The van der Waals surface area contributed by atoms with Gasteiger partial charge in [0, 0.05) is 11.9 Å². The van der Waals surface area contributed by atoms with Crippen molar-refractivity contribution in [3.05, 3.63) is 56.7 Å². The van der Waals surface area contributed by atoms with Gasteiger partial charge in [-0.3, -0.25) is 19.8 Å². The van der Waals surface area contributed by atoms with Crippen molar-refractivity contribution in [2.24, 2.45) is 0 Å². The Labute approximate surface area is 112 Å². The molecule has 0 saturated carbocycles. The number of nitrogens with one attached hydrogen (secondary N) is 3. The van der Waals surface area contributed by atoms with Gasteiger partial charge in [-0.15, -0.1) is 0 Å². The molecule has 0 aliphatic carbocycles. The number of hydrogen-bond donors (Lipinski definition) is 3. The largest absolute Gasteiger partial charge is 0.324 e. The van der Waals surface area contributed by atoms with Crippen LogP contribution >= 0.6 is 0 Å². The molecule has 3 N–H and O–H groups in total. The van der Waals surface area contributed by atoms with Crippen molar-refractivity contribution in [2.75, 3.05) is 5.32 Å². The maximum Gasteiger partial charge on any atom is 0.289 e. The number of nitrogens with zero attached hydrogens (tertiary/aromatic N) is 2. The van der Waals surface area contributed by atoms with Crippen LogP contribution in [-0.2, 0) is 0 Å². The Bertz CT molecular complexity index is 880. The summed E-state index contributed by atoms with van der Waals surface area (Å²) in [6.45, 7) is 1.99. The van der Waals surface area contributed by atoms with E-state index in [9.17, 15) is 9.59 Å². The molecule has 0 aliphatic heterocycles. The molecule has 0 radical (unpaired) electrons. The summed E-state index contributed by atoms with van der Waals surface area (Å²) < 4.78 is 0. The van der Waals surface area contributed by atoms with Gasteiger partial charge < -0.3 is 5.32 Å². The molecule has 0 amide bonds. The van der Waals surface area contributed by atoms with Gasteiger partial charge in [0.1, 0.15) is 5.52 Å². The summed E-state index contributed by atoms with van der Waals surface area (Å²) in [5.74, 6) is 0.262. The fraction of sp³-hybridized carbons (Fsp3) is 0.0769. The molecule has 0 aliphatic rings. The predicted octanol–water partition coefficient (Wildman–Crippen LogP) is 1.06. The molecule has 2 heterocycles. The van der Waals surface area contributed by atoms with Gasteiger partial charge in [-0.05, 0) is 19.1 Å². The summed E-state index contributed by atoms with van der Waals surface area (Å²) in [6.07, 6.45) is 1.33. The highest BCUT2D eigenvalue weighted by Crippen LogP contribution is 2.14. The Hall–Kier alpha value is -2.96. The van der Waals surface area contributed by atoms with Crippen LogP contribution in [-0.4, -0.2) is 20.2 Å². The third-order valence-electron chi connectivity index (χ3n) is 2.85. The first-order valence-corrected chi connectivity index (χ1v) is 5.95. The van der Waals surface area contributed by atoms with E-state index in [1.165, 1.54) is 6.20 Å². The van der Waals surface area contributed by atoms with Gasteiger partial charge in [0.05, 0.1) is 5.39 Å². The summed E-state index contributed by atoms with van der Waals surface area (Å²) in [6, 6.07) is 7.65. The summed E-state index contributed by atoms with van der Waals surface area (Å²) in [4.78, 5) is 31.2. The maximum absolute atomic E-state index is 11.6. The second kappa shape index (κ2) is 4.61. The third kappa shape index (κ3) is 2.16. The van der Waals surface area contributed by atoms with E-state index in [2.05, 4.69) is 25.5 Å². The van der Waals surface area contributed by atoms with Crippen molar-refractivity contribution in [1.29, 1.82) is 0 Å². The van der Waals surface area contributed by atoms with Gasteiger partial charge in [0.2, 0.25) is 5.95 Å². The van der Waals surface area contributed by atoms with Gasteiger partial charge in [-0.2, -0.15) is 0 Å². The molecular formula is C13H11N5O2. The Kier molecular flexibility index (Phi) is 2.79. The first kappa shape index (κ1) is 12.1. The normalized spacial score (nSPS) is 10.7. The van der Waals surface area contributed by atoms with Crippen molar-refractivity contribution in [2.45, 2.75) is 6.92 Å². The highest BCUT2D eigenvalue weighted by Gasteiger charge is 2.07. The first-order chi connectivity index (χ1) is 9.63. The average molecular weight is 269 g/mol. The third-order valence-corrected chi connectivity index (χ3v) is 2.85. The number of aromatic amines is 2. The number of aryl methyl sites for hydroxylation is 1. The van der Waals surface area contributed by atoms with Crippen LogP contribution in [0.25, 0.3) is 10.9 Å². The Morgan fingerprint density at radius 2 is 1.75 bits per heavy atom. The Morgan fingerprint density at radius 3 is 2.50 bits per heavy atom. The lowest BCUT2D eigenvalue weighted by molar-refractivity contribution is 0.965. The number of anilines is 2. The lowest BCUT2D eigenvalue weighted by Crippen LogP contribution is -2.20. The lowest BCUT2D eigenvalue weighted by atomic mass is 10.2. The standard InChI is InChI=1S/C13H11N5O2/c1-7-2-4-8(5-3-7)15-13-14-6-9-10(16-13)12(20)18-17-11(9)19/h2-6H,1H3,(H,17,19)(H,18,20)(H,14,15,16). The van der Waals surface area contributed by atoms with Crippen molar-refractivity contribution in [3.63, 3.8) is 0 Å². The SMILES string of the molecule is Cc1ccc(Nc2ncc3c(=O)[nH][nH]c(=O)c3n2)cc1. The minimum atomic E-state index is -0.464. The van der Waals surface area contributed by atoms with Crippen LogP contribution in [0.3, 0.4) is 0 Å². The molecule has 2 aromatic heterocycles. The number of H-pyrrole nitrogens is 2. The monoisotopic (exact) mass is 269 g/mol. The molecule has 0 fully saturated rings. The Balaban J connectivity index is 2.05. The van der Waals surface area contributed by atoms with Gasteiger partial charge in [0.25, 0.3) is 11.1 Å². The van der Waals surface area contributed by atoms with E-state index in [1.807, 2.05) is 31.2 Å². The molecule has 0 unspecified atom stereocenters. The molecular weight excluding hydrogens is 258 g/mol. The molecule has 1 aromatic carbocycles. The number of aromatic nitrogens is 4. The van der Waals surface area contributed by atoms with E-state index in [4.69, 9.17) is 0 Å². The zero-order valence-electron chi connectivity index (χ0n) is 10.6. The topological polar surface area (TPSA) is 104 Å². The second-order valence-corrected chi connectivity index (χ2v) is 4.36. The van der Waals surface area contributed by atoms with Crippen LogP contribution in [0.1, 0.15) is 5.56 Å². The lowest BCUT2D eigenvalue weighted by Gasteiger charge is -2.05. The van der Waals surface area contributed by atoms with E-state index >= 15 is 0 Å². The molecule has 100 valence electrons. The Morgan fingerprint density at radius 1 is 1.05 bits per heavy atom. The second-order valence-electron chi connectivity index (χ2n) is 4.36. The van der Waals surface area contributed by atoms with E-state index < -0.39 is 11.1 Å². The van der Waals surface area contributed by atoms with Crippen LogP contribution in [0.2, 0.25) is 0 Å². The maximum atomic E-state index is 11.6. The molecule has 0 atom stereocenters. The quantitative estimate of drug-likeness (QED) is 0.645. The molecule has 20 heavy (non-hydrogen) atoms. The van der Waals surface area contributed by atoms with Crippen LogP contribution in [0.5, 0.6) is 0 Å². The minimum Gasteiger partial charge on any atom is -0.324 e. The summed E-state index contributed by atoms with van der Waals surface area (Å²) >= 11 is 0. The smallest absolute Gasteiger partial charge is 0.289 e. The van der Waals surface area contributed by atoms with Gasteiger partial charge in [-0.25, -0.2) is 9.97 Å². The predicted molar refractivity (Wildman–Crippen MR) is 75.2 cm³/mol. The molecule has 0 saturated heterocycles. The highest BCUT2D eigenvalue weighted by molar-refractivity contribution is 5.76. The van der Waals surface area contributed by atoms with Crippen LogP contribution in [0.15, 0.2) is 40.1 Å². The molecule has 0 spiro atoms. The van der Waals surface area contributed by atoms with Crippen LogP contribution < -0.4 is 16.4 Å². The fourth-order valence-electron chi connectivity index (χ4n) is 1.79.